The van der Waals surface area contributed by atoms with Crippen LogP contribution in [0, 0.1) is 59.2 Å². The minimum Gasteiger partial charge on any atom is -0.481 e. The molecule has 0 saturated heterocycles. The van der Waals surface area contributed by atoms with Gasteiger partial charge in [0.05, 0.1) is 12.0 Å². The number of carbonyl (C=O) groups is 4. The van der Waals surface area contributed by atoms with E-state index in [-0.39, 0.29) is 98.3 Å². The third-order valence-electron chi connectivity index (χ3n) is 35.7. The van der Waals surface area contributed by atoms with Crippen LogP contribution in [0.1, 0.15) is 86.0 Å². The Labute approximate surface area is 797 Å². The van der Waals surface area contributed by atoms with Gasteiger partial charge >= 0.3 is 17.9 Å². The second kappa shape index (κ2) is 29.2. The number of allylic oxidation sites excluding steroid dienone is 14. The molecule has 0 aliphatic heterocycles. The predicted octanol–water partition coefficient (Wildman–Crippen LogP) is 22.5. The van der Waals surface area contributed by atoms with E-state index in [9.17, 15) is 44.7 Å². The van der Waals surface area contributed by atoms with Crippen LogP contribution in [0.2, 0.25) is 0 Å². The number of ether oxygens (including phenoxy) is 1. The molecule has 16 aliphatic carbocycles. The first kappa shape index (κ1) is 80.8. The average Bonchev–Trinajstić information content (AvgIpc) is 1.38. The zero-order valence-corrected chi connectivity index (χ0v) is 75.3. The monoisotopic (exact) mass is 1780 g/mol. The number of fused-ring (bicyclic) bond motifs is 5. The summed E-state index contributed by atoms with van der Waals surface area (Å²) in [6.45, 7) is 0.889. The first-order valence-corrected chi connectivity index (χ1v) is 48.7. The summed E-state index contributed by atoms with van der Waals surface area (Å²) in [5.74, 6) is -5.90. The molecule has 10 heteroatoms. The Morgan fingerprint density at radius 2 is 0.442 bits per heavy atom. The lowest BCUT2D eigenvalue weighted by Crippen LogP contribution is -2.75. The van der Waals surface area contributed by atoms with Gasteiger partial charge in [-0.25, -0.2) is 0 Å². The van der Waals surface area contributed by atoms with Crippen molar-refractivity contribution in [1.82, 2.24) is 0 Å². The van der Waals surface area contributed by atoms with Gasteiger partial charge in [0.25, 0.3) is 6.47 Å². The van der Waals surface area contributed by atoms with Crippen LogP contribution in [-0.2, 0) is 94.9 Å². The first-order valence-electron chi connectivity index (χ1n) is 48.7. The molecule has 0 amide bonds. The molecule has 16 aliphatic rings. The third-order valence-corrected chi connectivity index (χ3v) is 35.7. The maximum Gasteiger partial charge on any atom is 0.303 e. The fraction of sp³-hybridized carbons (Fsp3) is 0.219. The molecule has 11 unspecified atom stereocenters. The van der Waals surface area contributed by atoms with E-state index in [4.69, 9.17) is 4.74 Å². The molecule has 5 N–H and O–H groups in total. The van der Waals surface area contributed by atoms with Gasteiger partial charge in [-0.3, -0.25) is 19.2 Å². The molecule has 0 spiro atoms. The maximum absolute atomic E-state index is 12.2. The molecule has 0 heterocycles. The zero-order valence-electron chi connectivity index (χ0n) is 75.3. The van der Waals surface area contributed by atoms with Crippen molar-refractivity contribution in [3.63, 3.8) is 0 Å². The van der Waals surface area contributed by atoms with Crippen molar-refractivity contribution >= 4 is 24.4 Å². The lowest BCUT2D eigenvalue weighted by Gasteiger charge is -2.73. The van der Waals surface area contributed by atoms with Crippen molar-refractivity contribution in [3.8, 4) is 66.8 Å². The standard InChI is InChI=1S/C128H88O10/c129-68-65-75-7-22-81(23-8-75)85-30-42-91(43-31-85)124-110-97-53-52-96-98-54-56-100-102-58-60-104-105-61-59-103-101-57-55-99(97)112(124)114(101)126(93-46-34-87(35-47-93)82-24-9-76(10-25-82)66-69-130)116(103)118(105)127(94-48-36-88(37-49-94)83-26-11-77(12-27-83)67-70-138-71-131)117(104)115(102)125(92-44-32-86(33-45-92)79-18-3-73(4-19-79)14-63-107(134)135)113(100)111(98)123(109(96)110,90-40-28-84(29-41-90)78-16-1-72(2-17-78)13-62-106(132)133)119-120(124)122(126)128(127,121(119)125)95-50-38-89(39-51-95)80-20-5-74(6-21-80)15-64-108(136)137/h1-12,16-51,71,109-118,129-130H,13-15,62-70H2,(H,132,133)(H,134,135)(H,136,137)/t109?,110?,111?,112?,113?,114?,115?,116?,117?,118?,123-,124+,125-,126+,127?,128+/m0/s1. The summed E-state index contributed by atoms with van der Waals surface area (Å²) in [4.78, 5) is 47.9. The smallest absolute Gasteiger partial charge is 0.303 e. The fourth-order valence-electron chi connectivity index (χ4n) is 31.2. The van der Waals surface area contributed by atoms with Crippen molar-refractivity contribution in [1.29, 1.82) is 0 Å². The quantitative estimate of drug-likeness (QED) is 0.0172. The zero-order chi connectivity index (χ0) is 92.4. The SMILES string of the molecule is O=COCCc1ccc(-c2ccc(C34C5C6=C=C=C7C8=C=C=C9C%10=C=C=C%11C%12=C=C=C%13C%14=C=C=C6C3C%14[C@]3(c6ccc(-c%14ccc(CCO)cc%14)cc6)C6=C%14C%15=C([C@](c%16ccc(-c%17ccc(CCC(=O)O)cc%17)cc%16)(C75)C8C9[C@]%15(c5ccc(-c7ccc(CCC(=O)O)cc7)cc5)C%10C%11[C@]%14(c5ccc(-c7ccc(CCO)cc7)cc5)C%12C%133)[C@]64c3ccc(-c4ccc(CCC(=O)O)cc4)cc3)cc2)cc1. The molecule has 16 atom stereocenters. The summed E-state index contributed by atoms with van der Waals surface area (Å²) in [6.07, 6.45) is 2.99. The number of aliphatic hydroxyl groups excluding tert-OH is 2. The molecule has 8 fully saturated rings. The molecule has 28 rings (SSSR count). The summed E-state index contributed by atoms with van der Waals surface area (Å²) in [5, 5.41) is 50.4. The fourth-order valence-corrected chi connectivity index (χ4v) is 31.2. The highest BCUT2D eigenvalue weighted by molar-refractivity contribution is 5.96. The van der Waals surface area contributed by atoms with E-state index in [1.807, 2.05) is 0 Å². The van der Waals surface area contributed by atoms with E-state index in [1.54, 1.807) is 0 Å². The van der Waals surface area contributed by atoms with Crippen LogP contribution >= 0.6 is 0 Å². The molecule has 10 nitrogen and oxygen atoms in total. The summed E-state index contributed by atoms with van der Waals surface area (Å²) >= 11 is 0. The highest BCUT2D eigenvalue weighted by Gasteiger charge is 2.96. The minimum atomic E-state index is -1.21. The largest absolute Gasteiger partial charge is 0.481 e. The van der Waals surface area contributed by atoms with Crippen LogP contribution in [0.25, 0.3) is 66.8 Å². The number of hydrogen-bond acceptors (Lipinski definition) is 7. The topological polar surface area (TPSA) is 179 Å². The summed E-state index contributed by atoms with van der Waals surface area (Å²) in [6, 6.07) is 111. The van der Waals surface area contributed by atoms with Crippen molar-refractivity contribution in [3.05, 3.63) is 493 Å². The van der Waals surface area contributed by atoms with Gasteiger partial charge in [0.1, 0.15) is 0 Å². The van der Waals surface area contributed by atoms with Gasteiger partial charge in [0.15, 0.2) is 0 Å². The van der Waals surface area contributed by atoms with Crippen LogP contribution in [0.5, 0.6) is 0 Å². The number of aliphatic hydroxyl groups is 2. The highest BCUT2D eigenvalue weighted by Crippen LogP contribution is 2.98. The van der Waals surface area contributed by atoms with Crippen LogP contribution < -0.4 is 0 Å². The number of carboxylic acids is 3. The molecular formula is C128H88O10. The van der Waals surface area contributed by atoms with E-state index in [0.717, 1.165) is 156 Å². The van der Waals surface area contributed by atoms with E-state index in [1.165, 1.54) is 55.7 Å². The van der Waals surface area contributed by atoms with Crippen LogP contribution in [-0.4, -0.2) is 69.7 Å². The van der Waals surface area contributed by atoms with Crippen LogP contribution in [0.4, 0.5) is 0 Å². The van der Waals surface area contributed by atoms with Gasteiger partial charge in [0.2, 0.25) is 0 Å². The van der Waals surface area contributed by atoms with Gasteiger partial charge in [-0.2, -0.15) is 0 Å². The summed E-state index contributed by atoms with van der Waals surface area (Å²) < 4.78 is 5.26. The maximum atomic E-state index is 12.2. The third kappa shape index (κ3) is 10.1. The minimum absolute atomic E-state index is 0.0182. The Hall–Kier alpha value is -15.6. The molecule has 0 bridgehead atoms. The molecule has 0 radical (unpaired) electrons. The first-order chi connectivity index (χ1) is 67.7. The molecule has 12 aromatic carbocycles. The normalized spacial score (nSPS) is 28.0. The van der Waals surface area contributed by atoms with Crippen LogP contribution in [0.3, 0.4) is 0 Å². The Morgan fingerprint density at radius 3 is 0.681 bits per heavy atom. The average molecular weight is 1790 g/mol. The number of carboxylic acid groups (broad SMARTS) is 3. The van der Waals surface area contributed by atoms with E-state index < -0.39 is 50.4 Å². The number of rotatable bonds is 29. The summed E-state index contributed by atoms with van der Waals surface area (Å²) in [5.41, 5.74) is 79.4. The number of aliphatic carboxylic acids is 3. The lowest BCUT2D eigenvalue weighted by molar-refractivity contribution is -0.138. The van der Waals surface area contributed by atoms with Gasteiger partial charge in [-0.05, 0) is 188 Å². The van der Waals surface area contributed by atoms with E-state index in [2.05, 4.69) is 348 Å². The molecule has 660 valence electrons. The van der Waals surface area contributed by atoms with Crippen molar-refractivity contribution in [2.75, 3.05) is 19.8 Å². The van der Waals surface area contributed by atoms with Gasteiger partial charge in [0, 0.05) is 181 Å². The second-order valence-electron chi connectivity index (χ2n) is 40.7. The predicted molar refractivity (Wildman–Crippen MR) is 526 cm³/mol. The molecule has 8 saturated carbocycles. The van der Waals surface area contributed by atoms with Crippen molar-refractivity contribution in [2.45, 2.75) is 90.3 Å². The molecular weight excluding hydrogens is 1700 g/mol. The van der Waals surface area contributed by atoms with Gasteiger partial charge < -0.3 is 30.3 Å². The van der Waals surface area contributed by atoms with Gasteiger partial charge in [-0.1, -0.05) is 348 Å². The van der Waals surface area contributed by atoms with Gasteiger partial charge in [-0.15, -0.1) is 0 Å². The Balaban J connectivity index is 0.826. The van der Waals surface area contributed by atoms with Crippen molar-refractivity contribution < 1.29 is 49.4 Å². The summed E-state index contributed by atoms with van der Waals surface area (Å²) in [7, 11) is 0. The van der Waals surface area contributed by atoms with E-state index >= 15 is 0 Å². The van der Waals surface area contributed by atoms with Crippen molar-refractivity contribution in [2.24, 2.45) is 59.2 Å². The lowest BCUT2D eigenvalue weighted by atomic mass is 9.27. The Kier molecular flexibility index (Phi) is 17.1. The number of aryl methyl sites for hydroxylation is 3. The molecule has 12 aromatic rings. The van der Waals surface area contributed by atoms with E-state index in [0.29, 0.717) is 45.0 Å². The Morgan fingerprint density at radius 1 is 0.246 bits per heavy atom. The number of carbonyl (C=O) groups excluding carboxylic acids is 1. The van der Waals surface area contributed by atoms with Crippen LogP contribution in [0.15, 0.2) is 427 Å². The highest BCUT2D eigenvalue weighted by atomic mass is 16.5. The molecule has 0 aromatic heterocycles. The molecule has 138 heavy (non-hydrogen) atoms. The second-order valence-corrected chi connectivity index (χ2v) is 40.7. The Bertz CT molecular complexity index is 8040. The number of hydrogen-bond donors (Lipinski definition) is 5. The number of benzene rings is 12.